The van der Waals surface area contributed by atoms with Gasteiger partial charge >= 0.3 is 5.69 Å². The number of hydrogen-bond donors (Lipinski definition) is 0. The van der Waals surface area contributed by atoms with E-state index in [-0.39, 0.29) is 5.69 Å². The Morgan fingerprint density at radius 1 is 1.09 bits per heavy atom. The van der Waals surface area contributed by atoms with Gasteiger partial charge in [-0.1, -0.05) is 24.3 Å². The van der Waals surface area contributed by atoms with E-state index in [4.69, 9.17) is 0 Å². The van der Waals surface area contributed by atoms with E-state index >= 15 is 0 Å². The summed E-state index contributed by atoms with van der Waals surface area (Å²) in [6.45, 7) is 2.34. The van der Waals surface area contributed by atoms with E-state index < -0.39 is 0 Å². The van der Waals surface area contributed by atoms with Crippen molar-refractivity contribution in [2.24, 2.45) is 0 Å². The van der Waals surface area contributed by atoms with Crippen molar-refractivity contribution >= 4 is 16.6 Å². The number of rotatable bonds is 2. The second-order valence-corrected chi connectivity index (χ2v) is 5.31. The Hall–Kier alpha value is -2.95. The van der Waals surface area contributed by atoms with Gasteiger partial charge in [0.15, 0.2) is 5.65 Å². The number of fused-ring (bicyclic) bond motifs is 3. The molecule has 5 nitrogen and oxygen atoms in total. The van der Waals surface area contributed by atoms with Crippen LogP contribution in [-0.4, -0.2) is 19.2 Å². The minimum Gasteiger partial charge on any atom is -0.259 e. The third-order valence-electron chi connectivity index (χ3n) is 3.78. The molecule has 1 aromatic carbocycles. The molecule has 0 spiro atoms. The van der Waals surface area contributed by atoms with Gasteiger partial charge in [0.2, 0.25) is 0 Å². The normalized spacial score (nSPS) is 11.3. The van der Waals surface area contributed by atoms with Gasteiger partial charge in [0.25, 0.3) is 0 Å². The van der Waals surface area contributed by atoms with Crippen LogP contribution < -0.4 is 5.69 Å². The molecule has 3 heterocycles. The van der Waals surface area contributed by atoms with Crippen LogP contribution in [0.15, 0.2) is 59.5 Å². The molecule has 4 rings (SSSR count). The molecule has 0 atom stereocenters. The van der Waals surface area contributed by atoms with Crippen molar-refractivity contribution in [2.45, 2.75) is 13.5 Å². The van der Waals surface area contributed by atoms with Crippen LogP contribution in [0.25, 0.3) is 16.6 Å². The number of pyridine rings is 2. The molecule has 0 N–H and O–H groups in total. The number of hydrogen-bond acceptors (Lipinski definition) is 3. The zero-order chi connectivity index (χ0) is 15.1. The molecule has 0 fully saturated rings. The topological polar surface area (TPSA) is 52.2 Å². The van der Waals surface area contributed by atoms with E-state index in [0.717, 1.165) is 22.2 Å². The number of benzene rings is 1. The van der Waals surface area contributed by atoms with Gasteiger partial charge in [-0.2, -0.15) is 0 Å². The lowest BCUT2D eigenvalue weighted by Gasteiger charge is -2.02. The lowest BCUT2D eigenvalue weighted by atomic mass is 10.1. The zero-order valence-corrected chi connectivity index (χ0v) is 12.1. The third kappa shape index (κ3) is 1.90. The molecule has 0 saturated heterocycles. The van der Waals surface area contributed by atoms with E-state index in [0.29, 0.717) is 12.2 Å². The molecule has 22 heavy (non-hydrogen) atoms. The van der Waals surface area contributed by atoms with E-state index in [1.807, 2.05) is 49.4 Å². The standard InChI is InChI=1S/C17H14N4O/c1-12-10-13-6-2-3-8-15(13)21-16(12)19-20(17(21)22)11-14-7-4-5-9-18-14/h2-10H,11H2,1H3. The van der Waals surface area contributed by atoms with Gasteiger partial charge in [0.1, 0.15) is 0 Å². The summed E-state index contributed by atoms with van der Waals surface area (Å²) in [6.07, 6.45) is 1.72. The highest BCUT2D eigenvalue weighted by atomic mass is 16.2. The second-order valence-electron chi connectivity index (χ2n) is 5.31. The SMILES string of the molecule is Cc1cc2ccccc2n2c(=O)n(Cc3ccccn3)nc12. The first-order chi connectivity index (χ1) is 10.7. The molecular formula is C17H14N4O. The van der Waals surface area contributed by atoms with Crippen LogP contribution in [-0.2, 0) is 6.54 Å². The quantitative estimate of drug-likeness (QED) is 0.569. The minimum absolute atomic E-state index is 0.138. The molecule has 0 aliphatic rings. The highest BCUT2D eigenvalue weighted by Crippen LogP contribution is 2.18. The van der Waals surface area contributed by atoms with E-state index in [1.165, 1.54) is 4.68 Å². The van der Waals surface area contributed by atoms with Crippen molar-refractivity contribution in [1.82, 2.24) is 19.2 Å². The summed E-state index contributed by atoms with van der Waals surface area (Å²) in [6, 6.07) is 15.6. The number of nitrogens with zero attached hydrogens (tertiary/aromatic N) is 4. The van der Waals surface area contributed by atoms with Gasteiger partial charge < -0.3 is 0 Å². The summed E-state index contributed by atoms with van der Waals surface area (Å²) < 4.78 is 3.14. The zero-order valence-electron chi connectivity index (χ0n) is 12.1. The van der Waals surface area contributed by atoms with Crippen LogP contribution >= 0.6 is 0 Å². The molecular weight excluding hydrogens is 276 g/mol. The Bertz CT molecular complexity index is 1030. The number of aromatic nitrogens is 4. The summed E-state index contributed by atoms with van der Waals surface area (Å²) in [5.41, 5.74) is 3.23. The van der Waals surface area contributed by atoms with E-state index in [1.54, 1.807) is 10.6 Å². The molecule has 5 heteroatoms. The number of aryl methyl sites for hydroxylation is 1. The summed E-state index contributed by atoms with van der Waals surface area (Å²) in [4.78, 5) is 17.0. The van der Waals surface area contributed by atoms with Crippen molar-refractivity contribution in [3.05, 3.63) is 76.5 Å². The first-order valence-corrected chi connectivity index (χ1v) is 7.12. The molecule has 0 radical (unpaired) electrons. The number of para-hydroxylation sites is 1. The van der Waals surface area contributed by atoms with Crippen LogP contribution in [0, 0.1) is 6.92 Å². The molecule has 3 aromatic heterocycles. The summed E-state index contributed by atoms with van der Waals surface area (Å²) >= 11 is 0. The maximum Gasteiger partial charge on any atom is 0.351 e. The predicted octanol–water partition coefficient (Wildman–Crippen LogP) is 2.40. The third-order valence-corrected chi connectivity index (χ3v) is 3.78. The molecule has 0 unspecified atom stereocenters. The van der Waals surface area contributed by atoms with Crippen molar-refractivity contribution in [3.8, 4) is 0 Å². The Labute approximate surface area is 126 Å². The Morgan fingerprint density at radius 2 is 1.91 bits per heavy atom. The molecule has 108 valence electrons. The average Bonchev–Trinajstić information content (AvgIpc) is 2.87. The van der Waals surface area contributed by atoms with Crippen LogP contribution in [0.1, 0.15) is 11.3 Å². The highest BCUT2D eigenvalue weighted by molar-refractivity contribution is 5.83. The monoisotopic (exact) mass is 290 g/mol. The molecule has 0 aliphatic carbocycles. The fourth-order valence-corrected chi connectivity index (χ4v) is 2.74. The molecule has 0 bridgehead atoms. The predicted molar refractivity (Wildman–Crippen MR) is 85.0 cm³/mol. The summed E-state index contributed by atoms with van der Waals surface area (Å²) in [5, 5.41) is 5.52. The van der Waals surface area contributed by atoms with Gasteiger partial charge in [-0.05, 0) is 42.1 Å². The molecule has 0 aliphatic heterocycles. The summed E-state index contributed by atoms with van der Waals surface area (Å²) in [7, 11) is 0. The fourth-order valence-electron chi connectivity index (χ4n) is 2.74. The Morgan fingerprint density at radius 3 is 2.73 bits per heavy atom. The van der Waals surface area contributed by atoms with Crippen LogP contribution in [0.5, 0.6) is 0 Å². The van der Waals surface area contributed by atoms with E-state index in [9.17, 15) is 4.79 Å². The summed E-state index contributed by atoms with van der Waals surface area (Å²) in [5.74, 6) is 0. The first kappa shape index (κ1) is 12.8. The molecule has 0 amide bonds. The van der Waals surface area contributed by atoms with Gasteiger partial charge in [-0.25, -0.2) is 13.9 Å². The maximum atomic E-state index is 12.7. The first-order valence-electron chi connectivity index (χ1n) is 7.12. The second kappa shape index (κ2) is 4.80. The van der Waals surface area contributed by atoms with Crippen LogP contribution in [0.4, 0.5) is 0 Å². The van der Waals surface area contributed by atoms with Crippen molar-refractivity contribution < 1.29 is 0 Å². The lowest BCUT2D eigenvalue weighted by Crippen LogP contribution is -2.22. The van der Waals surface area contributed by atoms with Crippen LogP contribution in [0.3, 0.4) is 0 Å². The van der Waals surface area contributed by atoms with Crippen molar-refractivity contribution in [3.63, 3.8) is 0 Å². The fraction of sp³-hybridized carbons (Fsp3) is 0.118. The van der Waals surface area contributed by atoms with Gasteiger partial charge in [0, 0.05) is 6.20 Å². The highest BCUT2D eigenvalue weighted by Gasteiger charge is 2.12. The van der Waals surface area contributed by atoms with E-state index in [2.05, 4.69) is 16.1 Å². The minimum atomic E-state index is -0.138. The maximum absolute atomic E-state index is 12.7. The van der Waals surface area contributed by atoms with Crippen molar-refractivity contribution in [2.75, 3.05) is 0 Å². The lowest BCUT2D eigenvalue weighted by molar-refractivity contribution is 0.647. The Balaban J connectivity index is 1.99. The molecule has 0 saturated carbocycles. The Kier molecular flexibility index (Phi) is 2.79. The van der Waals surface area contributed by atoms with Crippen LogP contribution in [0.2, 0.25) is 0 Å². The van der Waals surface area contributed by atoms with Gasteiger partial charge in [-0.15, -0.1) is 5.10 Å². The average molecular weight is 290 g/mol. The van der Waals surface area contributed by atoms with Gasteiger partial charge in [-0.3, -0.25) is 4.98 Å². The smallest absolute Gasteiger partial charge is 0.259 e. The largest absolute Gasteiger partial charge is 0.351 e. The van der Waals surface area contributed by atoms with Crippen molar-refractivity contribution in [1.29, 1.82) is 0 Å². The molecule has 4 aromatic rings. The van der Waals surface area contributed by atoms with Gasteiger partial charge in [0.05, 0.1) is 17.8 Å².